The maximum Gasteiger partial charge on any atom is 0.229 e. The van der Waals surface area contributed by atoms with Gasteiger partial charge in [0.05, 0.1) is 0 Å². The summed E-state index contributed by atoms with van der Waals surface area (Å²) < 4.78 is 0. The van der Waals surface area contributed by atoms with E-state index >= 15 is 0 Å². The Morgan fingerprint density at radius 2 is 2.06 bits per heavy atom. The Bertz CT molecular complexity index is 467. The molecule has 0 heterocycles. The fourth-order valence-electron chi connectivity index (χ4n) is 2.44. The molecule has 0 aliphatic heterocycles. The Kier molecular flexibility index (Phi) is 3.97. The first-order chi connectivity index (χ1) is 8.59. The minimum atomic E-state index is 0.184. The van der Waals surface area contributed by atoms with Gasteiger partial charge in [-0.05, 0) is 25.0 Å². The Morgan fingerprint density at radius 3 is 2.67 bits per heavy atom. The van der Waals surface area contributed by atoms with Crippen molar-refractivity contribution >= 4 is 28.8 Å². The van der Waals surface area contributed by atoms with Crippen LogP contribution >= 0.6 is 12.2 Å². The molecule has 0 atom stereocenters. The van der Waals surface area contributed by atoms with Gasteiger partial charge in [0.15, 0.2) is 0 Å². The second-order valence-corrected chi connectivity index (χ2v) is 5.23. The number of rotatable bonds is 3. The molecule has 1 saturated carbocycles. The van der Waals surface area contributed by atoms with Crippen molar-refractivity contribution in [3.63, 3.8) is 0 Å². The van der Waals surface area contributed by atoms with Crippen molar-refractivity contribution in [1.82, 2.24) is 0 Å². The number of hydrogen-bond acceptors (Lipinski definition) is 2. The van der Waals surface area contributed by atoms with E-state index < -0.39 is 0 Å². The van der Waals surface area contributed by atoms with Crippen molar-refractivity contribution in [2.75, 3.05) is 11.9 Å². The van der Waals surface area contributed by atoms with E-state index in [9.17, 15) is 4.79 Å². The summed E-state index contributed by atoms with van der Waals surface area (Å²) >= 11 is 4.96. The molecule has 4 heteroatoms. The number of benzene rings is 1. The van der Waals surface area contributed by atoms with Crippen LogP contribution in [0.4, 0.5) is 5.69 Å². The van der Waals surface area contributed by atoms with Crippen LogP contribution in [-0.4, -0.2) is 17.9 Å². The summed E-state index contributed by atoms with van der Waals surface area (Å²) in [4.78, 5) is 14.4. The largest absolute Gasteiger partial charge is 0.389 e. The fourth-order valence-corrected chi connectivity index (χ4v) is 2.57. The Balaban J connectivity index is 2.17. The molecular weight excluding hydrogens is 244 g/mol. The second-order valence-electron chi connectivity index (χ2n) is 4.79. The van der Waals surface area contributed by atoms with Crippen molar-refractivity contribution in [2.45, 2.75) is 25.7 Å². The zero-order valence-corrected chi connectivity index (χ0v) is 11.4. The molecule has 0 bridgehead atoms. The van der Waals surface area contributed by atoms with Gasteiger partial charge >= 0.3 is 0 Å². The van der Waals surface area contributed by atoms with Crippen molar-refractivity contribution in [3.05, 3.63) is 29.8 Å². The lowest BCUT2D eigenvalue weighted by Crippen LogP contribution is -2.31. The summed E-state index contributed by atoms with van der Waals surface area (Å²) in [5, 5.41) is 0. The van der Waals surface area contributed by atoms with Crippen molar-refractivity contribution < 1.29 is 4.79 Å². The van der Waals surface area contributed by atoms with Gasteiger partial charge in [0.1, 0.15) is 4.99 Å². The molecule has 96 valence electrons. The molecule has 1 aliphatic rings. The molecule has 1 amide bonds. The molecule has 0 spiro atoms. The SMILES string of the molecule is CN(C(=O)C1CCCC1)c1cccc(C(N)=S)c1. The lowest BCUT2D eigenvalue weighted by molar-refractivity contribution is -0.121. The third-order valence-corrected chi connectivity index (χ3v) is 3.79. The molecule has 0 aromatic heterocycles. The van der Waals surface area contributed by atoms with Gasteiger partial charge in [-0.3, -0.25) is 4.79 Å². The molecule has 1 aromatic carbocycles. The molecule has 2 N–H and O–H groups in total. The Morgan fingerprint density at radius 1 is 1.39 bits per heavy atom. The van der Waals surface area contributed by atoms with Crippen molar-refractivity contribution in [3.8, 4) is 0 Å². The molecule has 18 heavy (non-hydrogen) atoms. The van der Waals surface area contributed by atoms with E-state index in [-0.39, 0.29) is 11.8 Å². The van der Waals surface area contributed by atoms with Gasteiger partial charge in [-0.15, -0.1) is 0 Å². The Hall–Kier alpha value is -1.42. The van der Waals surface area contributed by atoms with E-state index in [1.54, 1.807) is 4.90 Å². The zero-order valence-electron chi connectivity index (χ0n) is 10.6. The molecule has 0 radical (unpaired) electrons. The average molecular weight is 262 g/mol. The minimum absolute atomic E-state index is 0.184. The summed E-state index contributed by atoms with van der Waals surface area (Å²) in [5.41, 5.74) is 7.27. The number of nitrogens with two attached hydrogens (primary N) is 1. The van der Waals surface area contributed by atoms with E-state index in [0.29, 0.717) is 4.99 Å². The summed E-state index contributed by atoms with van der Waals surface area (Å²) in [5.74, 6) is 0.385. The standard InChI is InChI=1S/C14H18N2OS/c1-16(14(17)10-5-2-3-6-10)12-8-4-7-11(9-12)13(15)18/h4,7-10H,2-3,5-6H2,1H3,(H2,15,18). The summed E-state index contributed by atoms with van der Waals surface area (Å²) in [6.45, 7) is 0. The first-order valence-corrected chi connectivity index (χ1v) is 6.68. The predicted molar refractivity (Wildman–Crippen MR) is 77.7 cm³/mol. The molecule has 1 aliphatic carbocycles. The van der Waals surface area contributed by atoms with Crippen LogP contribution in [0.5, 0.6) is 0 Å². The van der Waals surface area contributed by atoms with Gasteiger partial charge in [-0.2, -0.15) is 0 Å². The summed E-state index contributed by atoms with van der Waals surface area (Å²) in [6, 6.07) is 7.52. The normalized spacial score (nSPS) is 15.6. The van der Waals surface area contributed by atoms with Crippen LogP contribution in [0.25, 0.3) is 0 Å². The van der Waals surface area contributed by atoms with Gasteiger partial charge in [0.2, 0.25) is 5.91 Å². The van der Waals surface area contributed by atoms with E-state index in [2.05, 4.69) is 0 Å². The number of amides is 1. The highest BCUT2D eigenvalue weighted by Crippen LogP contribution is 2.28. The maximum atomic E-state index is 12.3. The predicted octanol–water partition coefficient (Wildman–Crippen LogP) is 2.47. The maximum absolute atomic E-state index is 12.3. The number of thiocarbonyl (C=S) groups is 1. The highest BCUT2D eigenvalue weighted by molar-refractivity contribution is 7.80. The number of hydrogen-bond donors (Lipinski definition) is 1. The smallest absolute Gasteiger partial charge is 0.229 e. The number of nitrogens with zero attached hydrogens (tertiary/aromatic N) is 1. The lowest BCUT2D eigenvalue weighted by Gasteiger charge is -2.21. The topological polar surface area (TPSA) is 46.3 Å². The van der Waals surface area contributed by atoms with Crippen LogP contribution in [0.15, 0.2) is 24.3 Å². The molecular formula is C14H18N2OS. The minimum Gasteiger partial charge on any atom is -0.389 e. The van der Waals surface area contributed by atoms with E-state index in [1.165, 1.54) is 0 Å². The molecule has 3 nitrogen and oxygen atoms in total. The number of anilines is 1. The highest BCUT2D eigenvalue weighted by Gasteiger charge is 2.26. The second kappa shape index (κ2) is 5.48. The lowest BCUT2D eigenvalue weighted by atomic mass is 10.1. The molecule has 2 rings (SSSR count). The van der Waals surface area contributed by atoms with Crippen LogP contribution in [0.1, 0.15) is 31.2 Å². The third kappa shape index (κ3) is 2.70. The zero-order chi connectivity index (χ0) is 13.1. The quantitative estimate of drug-likeness (QED) is 0.851. The van der Waals surface area contributed by atoms with Crippen LogP contribution in [0.3, 0.4) is 0 Å². The fraction of sp³-hybridized carbons (Fsp3) is 0.429. The molecule has 0 unspecified atom stereocenters. The monoisotopic (exact) mass is 262 g/mol. The van der Waals surface area contributed by atoms with Crippen LogP contribution in [-0.2, 0) is 4.79 Å². The molecule has 1 fully saturated rings. The van der Waals surface area contributed by atoms with E-state index in [0.717, 1.165) is 36.9 Å². The molecule has 1 aromatic rings. The van der Waals surface area contributed by atoms with Crippen LogP contribution in [0, 0.1) is 5.92 Å². The van der Waals surface area contributed by atoms with Gasteiger partial charge in [-0.25, -0.2) is 0 Å². The average Bonchev–Trinajstić information content (AvgIpc) is 2.91. The van der Waals surface area contributed by atoms with Gasteiger partial charge in [0, 0.05) is 24.2 Å². The third-order valence-electron chi connectivity index (χ3n) is 3.55. The van der Waals surface area contributed by atoms with Gasteiger partial charge in [0.25, 0.3) is 0 Å². The van der Waals surface area contributed by atoms with Gasteiger partial charge in [-0.1, -0.05) is 37.2 Å². The highest BCUT2D eigenvalue weighted by atomic mass is 32.1. The van der Waals surface area contributed by atoms with Crippen LogP contribution < -0.4 is 10.6 Å². The van der Waals surface area contributed by atoms with Gasteiger partial charge < -0.3 is 10.6 Å². The number of carbonyl (C=O) groups excluding carboxylic acids is 1. The van der Waals surface area contributed by atoms with Crippen LogP contribution in [0.2, 0.25) is 0 Å². The number of carbonyl (C=O) groups is 1. The van der Waals surface area contributed by atoms with E-state index in [1.807, 2.05) is 31.3 Å². The summed E-state index contributed by atoms with van der Waals surface area (Å²) in [7, 11) is 1.82. The van der Waals surface area contributed by atoms with Crippen molar-refractivity contribution in [2.24, 2.45) is 11.7 Å². The first kappa shape index (κ1) is 13.0. The Labute approximate surface area is 113 Å². The first-order valence-electron chi connectivity index (χ1n) is 6.27. The van der Waals surface area contributed by atoms with E-state index in [4.69, 9.17) is 18.0 Å². The summed E-state index contributed by atoms with van der Waals surface area (Å²) in [6.07, 6.45) is 4.35. The van der Waals surface area contributed by atoms with Crippen molar-refractivity contribution in [1.29, 1.82) is 0 Å². The molecule has 0 saturated heterocycles.